The van der Waals surface area contributed by atoms with Gasteiger partial charge in [0.1, 0.15) is 11.6 Å². The SMILES string of the molecule is COc1ccc(Sc2cc(F)ccc2C2CCNCC2)cc1. The van der Waals surface area contributed by atoms with Gasteiger partial charge in [-0.15, -0.1) is 0 Å². The van der Waals surface area contributed by atoms with E-state index in [1.807, 2.05) is 30.3 Å². The topological polar surface area (TPSA) is 21.3 Å². The third-order valence-corrected chi connectivity index (χ3v) is 5.12. The molecule has 0 spiro atoms. The van der Waals surface area contributed by atoms with Gasteiger partial charge in [0.05, 0.1) is 7.11 Å². The minimum atomic E-state index is -0.173. The number of piperidine rings is 1. The summed E-state index contributed by atoms with van der Waals surface area (Å²) >= 11 is 1.63. The number of methoxy groups -OCH3 is 1. The number of rotatable bonds is 4. The first-order valence-electron chi connectivity index (χ1n) is 7.58. The zero-order valence-electron chi connectivity index (χ0n) is 12.6. The number of hydrogen-bond acceptors (Lipinski definition) is 3. The van der Waals surface area contributed by atoms with Crippen LogP contribution in [0.1, 0.15) is 24.3 Å². The van der Waals surface area contributed by atoms with Crippen LogP contribution in [0, 0.1) is 5.82 Å². The van der Waals surface area contributed by atoms with Gasteiger partial charge in [-0.05, 0) is 73.8 Å². The highest BCUT2D eigenvalue weighted by Gasteiger charge is 2.19. The lowest BCUT2D eigenvalue weighted by molar-refractivity contribution is 0.414. The molecule has 2 nitrogen and oxygen atoms in total. The molecule has 0 aromatic heterocycles. The Morgan fingerprint density at radius 1 is 1.09 bits per heavy atom. The Morgan fingerprint density at radius 3 is 2.50 bits per heavy atom. The minimum absolute atomic E-state index is 0.173. The number of nitrogens with one attached hydrogen (secondary N) is 1. The molecule has 1 heterocycles. The lowest BCUT2D eigenvalue weighted by Gasteiger charge is -2.25. The van der Waals surface area contributed by atoms with E-state index in [1.54, 1.807) is 31.0 Å². The van der Waals surface area contributed by atoms with E-state index in [1.165, 1.54) is 5.56 Å². The van der Waals surface area contributed by atoms with E-state index in [4.69, 9.17) is 4.74 Å². The van der Waals surface area contributed by atoms with Gasteiger partial charge in [-0.2, -0.15) is 0 Å². The van der Waals surface area contributed by atoms with E-state index in [9.17, 15) is 4.39 Å². The van der Waals surface area contributed by atoms with E-state index in [0.717, 1.165) is 41.5 Å². The first-order chi connectivity index (χ1) is 10.8. The van der Waals surface area contributed by atoms with Crippen LogP contribution in [-0.2, 0) is 0 Å². The van der Waals surface area contributed by atoms with Crippen LogP contribution >= 0.6 is 11.8 Å². The quantitative estimate of drug-likeness (QED) is 0.900. The second-order valence-corrected chi connectivity index (χ2v) is 6.60. The highest BCUT2D eigenvalue weighted by atomic mass is 32.2. The Balaban J connectivity index is 1.85. The van der Waals surface area contributed by atoms with Crippen molar-refractivity contribution in [3.8, 4) is 5.75 Å². The predicted octanol–water partition coefficient (Wildman–Crippen LogP) is 4.45. The molecule has 0 radical (unpaired) electrons. The van der Waals surface area contributed by atoms with Gasteiger partial charge in [0.2, 0.25) is 0 Å². The van der Waals surface area contributed by atoms with Crippen molar-refractivity contribution in [1.82, 2.24) is 5.32 Å². The van der Waals surface area contributed by atoms with Crippen molar-refractivity contribution < 1.29 is 9.13 Å². The molecule has 22 heavy (non-hydrogen) atoms. The molecule has 2 aromatic rings. The van der Waals surface area contributed by atoms with Gasteiger partial charge in [0.15, 0.2) is 0 Å². The number of hydrogen-bond donors (Lipinski definition) is 1. The monoisotopic (exact) mass is 317 g/mol. The van der Waals surface area contributed by atoms with Crippen molar-refractivity contribution in [3.05, 3.63) is 53.8 Å². The molecular weight excluding hydrogens is 297 g/mol. The maximum atomic E-state index is 13.7. The average Bonchev–Trinajstić information content (AvgIpc) is 2.56. The van der Waals surface area contributed by atoms with E-state index in [2.05, 4.69) is 5.32 Å². The summed E-state index contributed by atoms with van der Waals surface area (Å²) in [4.78, 5) is 2.12. The molecule has 1 aliphatic heterocycles. The van der Waals surface area contributed by atoms with Crippen LogP contribution in [0.25, 0.3) is 0 Å². The third kappa shape index (κ3) is 3.62. The van der Waals surface area contributed by atoms with Crippen LogP contribution in [0.4, 0.5) is 4.39 Å². The van der Waals surface area contributed by atoms with Gasteiger partial charge < -0.3 is 10.1 Å². The van der Waals surface area contributed by atoms with E-state index in [0.29, 0.717) is 5.92 Å². The fourth-order valence-corrected chi connectivity index (χ4v) is 3.89. The molecule has 3 rings (SSSR count). The summed E-state index contributed by atoms with van der Waals surface area (Å²) in [5.41, 5.74) is 1.27. The van der Waals surface area contributed by atoms with Crippen molar-refractivity contribution in [2.75, 3.05) is 20.2 Å². The van der Waals surface area contributed by atoms with Gasteiger partial charge in [-0.3, -0.25) is 0 Å². The van der Waals surface area contributed by atoms with Crippen LogP contribution in [0.15, 0.2) is 52.3 Å². The summed E-state index contributed by atoms with van der Waals surface area (Å²) in [5.74, 6) is 1.18. The summed E-state index contributed by atoms with van der Waals surface area (Å²) in [5, 5.41) is 3.38. The minimum Gasteiger partial charge on any atom is -0.497 e. The van der Waals surface area contributed by atoms with Crippen molar-refractivity contribution in [1.29, 1.82) is 0 Å². The lowest BCUT2D eigenvalue weighted by Crippen LogP contribution is -2.26. The fourth-order valence-electron chi connectivity index (χ4n) is 2.84. The van der Waals surface area contributed by atoms with Gasteiger partial charge in [-0.25, -0.2) is 4.39 Å². The molecule has 0 bridgehead atoms. The Morgan fingerprint density at radius 2 is 1.82 bits per heavy atom. The zero-order chi connectivity index (χ0) is 15.4. The largest absolute Gasteiger partial charge is 0.497 e. The van der Waals surface area contributed by atoms with Crippen LogP contribution < -0.4 is 10.1 Å². The van der Waals surface area contributed by atoms with Crippen molar-refractivity contribution >= 4 is 11.8 Å². The number of ether oxygens (including phenoxy) is 1. The molecule has 0 aliphatic carbocycles. The second-order valence-electron chi connectivity index (χ2n) is 5.48. The molecule has 0 amide bonds. The van der Waals surface area contributed by atoms with Crippen LogP contribution in [0.2, 0.25) is 0 Å². The first-order valence-corrected chi connectivity index (χ1v) is 8.40. The first kappa shape index (κ1) is 15.4. The van der Waals surface area contributed by atoms with E-state index < -0.39 is 0 Å². The normalized spacial score (nSPS) is 15.7. The zero-order valence-corrected chi connectivity index (χ0v) is 13.5. The molecule has 1 aliphatic rings. The van der Waals surface area contributed by atoms with E-state index >= 15 is 0 Å². The summed E-state index contributed by atoms with van der Waals surface area (Å²) in [6.45, 7) is 2.07. The summed E-state index contributed by atoms with van der Waals surface area (Å²) in [6.07, 6.45) is 2.23. The summed E-state index contributed by atoms with van der Waals surface area (Å²) < 4.78 is 18.9. The Bertz CT molecular complexity index is 623. The Kier molecular flexibility index (Phi) is 5.01. The fraction of sp³-hybridized carbons (Fsp3) is 0.333. The van der Waals surface area contributed by atoms with Gasteiger partial charge >= 0.3 is 0 Å². The molecule has 0 saturated carbocycles. The van der Waals surface area contributed by atoms with Crippen molar-refractivity contribution in [2.45, 2.75) is 28.6 Å². The smallest absolute Gasteiger partial charge is 0.124 e. The highest BCUT2D eigenvalue weighted by Crippen LogP contribution is 2.37. The Hall–Kier alpha value is -1.52. The molecule has 116 valence electrons. The summed E-state index contributed by atoms with van der Waals surface area (Å²) in [7, 11) is 1.66. The van der Waals surface area contributed by atoms with Crippen LogP contribution in [0.5, 0.6) is 5.75 Å². The van der Waals surface area contributed by atoms with Crippen molar-refractivity contribution in [3.63, 3.8) is 0 Å². The van der Waals surface area contributed by atoms with Crippen LogP contribution in [-0.4, -0.2) is 20.2 Å². The number of benzene rings is 2. The molecule has 1 saturated heterocycles. The lowest BCUT2D eigenvalue weighted by atomic mass is 9.90. The standard InChI is InChI=1S/C18H20FNOS/c1-21-15-3-5-16(6-4-15)22-18-12-14(19)2-7-17(18)13-8-10-20-11-9-13/h2-7,12-13,20H,8-11H2,1H3. The maximum Gasteiger partial charge on any atom is 0.124 e. The Labute approximate surface area is 135 Å². The average molecular weight is 317 g/mol. The van der Waals surface area contributed by atoms with Crippen LogP contribution in [0.3, 0.4) is 0 Å². The molecule has 1 fully saturated rings. The summed E-state index contributed by atoms with van der Waals surface area (Å²) in [6, 6.07) is 13.1. The third-order valence-electron chi connectivity index (χ3n) is 4.04. The molecular formula is C18H20FNOS. The predicted molar refractivity (Wildman–Crippen MR) is 88.4 cm³/mol. The molecule has 1 N–H and O–H groups in total. The molecule has 0 atom stereocenters. The maximum absolute atomic E-state index is 13.7. The molecule has 4 heteroatoms. The van der Waals surface area contributed by atoms with Crippen molar-refractivity contribution in [2.24, 2.45) is 0 Å². The van der Waals surface area contributed by atoms with Gasteiger partial charge in [0, 0.05) is 9.79 Å². The van der Waals surface area contributed by atoms with E-state index in [-0.39, 0.29) is 5.82 Å². The van der Waals surface area contributed by atoms with Gasteiger partial charge in [0.25, 0.3) is 0 Å². The molecule has 2 aromatic carbocycles. The number of halogens is 1. The molecule has 0 unspecified atom stereocenters. The second kappa shape index (κ2) is 7.16. The highest BCUT2D eigenvalue weighted by molar-refractivity contribution is 7.99. The van der Waals surface area contributed by atoms with Gasteiger partial charge in [-0.1, -0.05) is 17.8 Å².